The number of carbonyl (C=O) groups excluding carboxylic acids is 1. The quantitative estimate of drug-likeness (QED) is 0.781. The second-order valence-corrected chi connectivity index (χ2v) is 4.55. The second kappa shape index (κ2) is 4.13. The molecular formula is C13H14O4. The lowest BCUT2D eigenvalue weighted by Gasteiger charge is -2.23. The first-order valence-corrected chi connectivity index (χ1v) is 5.82. The van der Waals surface area contributed by atoms with Gasteiger partial charge in [0, 0.05) is 6.42 Å². The van der Waals surface area contributed by atoms with Gasteiger partial charge in [0.05, 0.1) is 12.5 Å². The van der Waals surface area contributed by atoms with E-state index in [0.29, 0.717) is 12.8 Å². The first-order valence-electron chi connectivity index (χ1n) is 5.82. The lowest BCUT2D eigenvalue weighted by atomic mass is 9.98. The van der Waals surface area contributed by atoms with Crippen LogP contribution in [0.4, 0.5) is 0 Å². The monoisotopic (exact) mass is 234 g/mol. The maximum atomic E-state index is 11.2. The van der Waals surface area contributed by atoms with Crippen molar-refractivity contribution in [3.05, 3.63) is 35.9 Å². The Labute approximate surface area is 99.2 Å². The number of ether oxygens (including phenoxy) is 2. The van der Waals surface area contributed by atoms with E-state index in [2.05, 4.69) is 0 Å². The molecule has 90 valence electrons. The molecule has 17 heavy (non-hydrogen) atoms. The van der Waals surface area contributed by atoms with E-state index in [1.165, 1.54) is 0 Å². The van der Waals surface area contributed by atoms with Crippen molar-refractivity contribution in [2.24, 2.45) is 0 Å². The zero-order chi connectivity index (χ0) is 11.8. The highest BCUT2D eigenvalue weighted by molar-refractivity contribution is 5.71. The Hall–Kier alpha value is -1.39. The summed E-state index contributed by atoms with van der Waals surface area (Å²) >= 11 is 0. The van der Waals surface area contributed by atoms with Crippen LogP contribution in [0.15, 0.2) is 30.3 Å². The third kappa shape index (κ3) is 1.94. The molecule has 2 bridgehead atoms. The fourth-order valence-electron chi connectivity index (χ4n) is 2.53. The molecule has 1 aromatic carbocycles. The van der Waals surface area contributed by atoms with Crippen molar-refractivity contribution in [1.29, 1.82) is 0 Å². The van der Waals surface area contributed by atoms with Crippen LogP contribution in [0.3, 0.4) is 0 Å². The molecule has 0 amide bonds. The van der Waals surface area contributed by atoms with E-state index < -0.39 is 12.2 Å². The molecule has 4 nitrogen and oxygen atoms in total. The lowest BCUT2D eigenvalue weighted by Crippen LogP contribution is -2.32. The van der Waals surface area contributed by atoms with Crippen LogP contribution in [0.2, 0.25) is 0 Å². The van der Waals surface area contributed by atoms with Crippen molar-refractivity contribution in [1.82, 2.24) is 0 Å². The standard InChI is InChI=1S/C13H14O4/c14-11-7-9-6-10(17-11)13(16-9)12(15)8-4-2-1-3-5-8/h1-5,9-10,12-13,15H,6-7H2. The minimum atomic E-state index is -0.739. The van der Waals surface area contributed by atoms with Gasteiger partial charge in [-0.25, -0.2) is 0 Å². The third-order valence-electron chi connectivity index (χ3n) is 3.34. The molecule has 4 unspecified atom stereocenters. The van der Waals surface area contributed by atoms with Gasteiger partial charge in [0.25, 0.3) is 0 Å². The van der Waals surface area contributed by atoms with Crippen molar-refractivity contribution in [2.75, 3.05) is 0 Å². The van der Waals surface area contributed by atoms with Gasteiger partial charge in [-0.05, 0) is 5.56 Å². The number of aliphatic hydroxyl groups excluding tert-OH is 1. The topological polar surface area (TPSA) is 55.8 Å². The summed E-state index contributed by atoms with van der Waals surface area (Å²) in [5, 5.41) is 10.2. The molecule has 0 saturated carbocycles. The first-order chi connectivity index (χ1) is 8.24. The van der Waals surface area contributed by atoms with Crippen molar-refractivity contribution in [2.45, 2.75) is 37.3 Å². The van der Waals surface area contributed by atoms with Gasteiger partial charge in [0.15, 0.2) is 0 Å². The van der Waals surface area contributed by atoms with Gasteiger partial charge in [-0.2, -0.15) is 0 Å². The van der Waals surface area contributed by atoms with E-state index >= 15 is 0 Å². The zero-order valence-corrected chi connectivity index (χ0v) is 9.28. The fourth-order valence-corrected chi connectivity index (χ4v) is 2.53. The van der Waals surface area contributed by atoms with Gasteiger partial charge in [0.1, 0.15) is 18.3 Å². The van der Waals surface area contributed by atoms with Crippen LogP contribution >= 0.6 is 0 Å². The van der Waals surface area contributed by atoms with Crippen molar-refractivity contribution >= 4 is 5.97 Å². The summed E-state index contributed by atoms with van der Waals surface area (Å²) in [5.41, 5.74) is 0.793. The highest BCUT2D eigenvalue weighted by Crippen LogP contribution is 2.36. The highest BCUT2D eigenvalue weighted by Gasteiger charge is 2.46. The average molecular weight is 234 g/mol. The molecule has 2 aliphatic rings. The number of carbonyl (C=O) groups is 1. The average Bonchev–Trinajstić information content (AvgIpc) is 2.65. The molecular weight excluding hydrogens is 220 g/mol. The van der Waals surface area contributed by atoms with E-state index in [1.54, 1.807) is 0 Å². The van der Waals surface area contributed by atoms with E-state index in [9.17, 15) is 9.90 Å². The van der Waals surface area contributed by atoms with E-state index in [4.69, 9.17) is 9.47 Å². The Morgan fingerprint density at radius 3 is 2.82 bits per heavy atom. The molecule has 2 saturated heterocycles. The molecule has 0 aromatic heterocycles. The summed E-state index contributed by atoms with van der Waals surface area (Å²) in [5.74, 6) is -0.228. The molecule has 4 atom stereocenters. The van der Waals surface area contributed by atoms with Crippen LogP contribution in [0.1, 0.15) is 24.5 Å². The summed E-state index contributed by atoms with van der Waals surface area (Å²) < 4.78 is 10.9. The summed E-state index contributed by atoms with van der Waals surface area (Å²) in [4.78, 5) is 11.2. The molecule has 2 heterocycles. The largest absolute Gasteiger partial charge is 0.459 e. The van der Waals surface area contributed by atoms with Crippen molar-refractivity contribution in [3.63, 3.8) is 0 Å². The predicted octanol–water partition coefficient (Wildman–Crippen LogP) is 1.19. The summed E-state index contributed by atoms with van der Waals surface area (Å²) in [6, 6.07) is 9.32. The van der Waals surface area contributed by atoms with Gasteiger partial charge >= 0.3 is 5.97 Å². The van der Waals surface area contributed by atoms with Gasteiger partial charge in [-0.3, -0.25) is 4.79 Å². The van der Waals surface area contributed by atoms with E-state index in [0.717, 1.165) is 5.56 Å². The molecule has 2 aliphatic heterocycles. The lowest BCUT2D eigenvalue weighted by molar-refractivity contribution is -0.153. The number of rotatable bonds is 2. The number of esters is 1. The van der Waals surface area contributed by atoms with E-state index in [1.807, 2.05) is 30.3 Å². The van der Waals surface area contributed by atoms with Crippen LogP contribution in [0, 0.1) is 0 Å². The van der Waals surface area contributed by atoms with Crippen molar-refractivity contribution < 1.29 is 19.4 Å². The second-order valence-electron chi connectivity index (χ2n) is 4.55. The zero-order valence-electron chi connectivity index (χ0n) is 9.28. The number of aliphatic hydroxyl groups is 1. The normalized spacial score (nSPS) is 33.2. The molecule has 0 spiro atoms. The maximum absolute atomic E-state index is 11.2. The molecule has 1 aromatic rings. The van der Waals surface area contributed by atoms with Crippen LogP contribution in [0.5, 0.6) is 0 Å². The summed E-state index contributed by atoms with van der Waals surface area (Å²) in [6.45, 7) is 0. The molecule has 3 rings (SSSR count). The summed E-state index contributed by atoms with van der Waals surface area (Å²) in [6.07, 6.45) is -0.582. The number of hydrogen-bond acceptors (Lipinski definition) is 4. The minimum absolute atomic E-state index is 0.0930. The van der Waals surface area contributed by atoms with Crippen molar-refractivity contribution in [3.8, 4) is 0 Å². The minimum Gasteiger partial charge on any atom is -0.459 e. The Morgan fingerprint density at radius 2 is 2.06 bits per heavy atom. The molecule has 0 radical (unpaired) electrons. The SMILES string of the molecule is O=C1CC2CC(O1)C(C(O)c1ccccc1)O2. The first kappa shape index (κ1) is 10.7. The summed E-state index contributed by atoms with van der Waals surface area (Å²) in [7, 11) is 0. The smallest absolute Gasteiger partial charge is 0.308 e. The molecule has 2 fully saturated rings. The van der Waals surface area contributed by atoms with Gasteiger partial charge in [0.2, 0.25) is 0 Å². The predicted molar refractivity (Wildman–Crippen MR) is 59.2 cm³/mol. The Kier molecular flexibility index (Phi) is 2.61. The fraction of sp³-hybridized carbons (Fsp3) is 0.462. The van der Waals surface area contributed by atoms with Crippen LogP contribution < -0.4 is 0 Å². The van der Waals surface area contributed by atoms with Gasteiger partial charge in [-0.1, -0.05) is 30.3 Å². The van der Waals surface area contributed by atoms with Crippen LogP contribution in [-0.4, -0.2) is 29.4 Å². The maximum Gasteiger partial charge on any atom is 0.308 e. The third-order valence-corrected chi connectivity index (χ3v) is 3.34. The van der Waals surface area contributed by atoms with Gasteiger partial charge in [-0.15, -0.1) is 0 Å². The van der Waals surface area contributed by atoms with Crippen LogP contribution in [0.25, 0.3) is 0 Å². The highest BCUT2D eigenvalue weighted by atomic mass is 16.6. The molecule has 0 aliphatic carbocycles. The number of fused-ring (bicyclic) bond motifs is 2. The number of benzene rings is 1. The Bertz CT molecular complexity index is 417. The number of hydrogen-bond donors (Lipinski definition) is 1. The Morgan fingerprint density at radius 1 is 1.29 bits per heavy atom. The Balaban J connectivity index is 1.79. The van der Waals surface area contributed by atoms with E-state index in [-0.39, 0.29) is 18.2 Å². The van der Waals surface area contributed by atoms with Crippen LogP contribution in [-0.2, 0) is 14.3 Å². The molecule has 4 heteroatoms. The molecule has 1 N–H and O–H groups in total. The van der Waals surface area contributed by atoms with Gasteiger partial charge < -0.3 is 14.6 Å².